The van der Waals surface area contributed by atoms with Gasteiger partial charge >= 0.3 is 5.97 Å². The maximum Gasteiger partial charge on any atom is 0.333 e. The van der Waals surface area contributed by atoms with Gasteiger partial charge in [0.05, 0.1) is 6.61 Å². The first kappa shape index (κ1) is 17.7. The lowest BCUT2D eigenvalue weighted by molar-refractivity contribution is -0.142. The predicted molar refractivity (Wildman–Crippen MR) is 90.7 cm³/mol. The minimum atomic E-state index is -1.06. The molecule has 2 aromatic rings. The van der Waals surface area contributed by atoms with Gasteiger partial charge in [-0.05, 0) is 42.8 Å². The molecule has 0 saturated carbocycles. The van der Waals surface area contributed by atoms with Gasteiger partial charge in [0.25, 0.3) is 0 Å². The highest BCUT2D eigenvalue weighted by molar-refractivity contribution is 5.93. The molecule has 2 aromatic carbocycles. The van der Waals surface area contributed by atoms with Gasteiger partial charge < -0.3 is 19.7 Å². The quantitative estimate of drug-likeness (QED) is 0.604. The van der Waals surface area contributed by atoms with Crippen LogP contribution in [0.25, 0.3) is 6.08 Å². The highest BCUT2D eigenvalue weighted by Gasteiger charge is 2.09. The van der Waals surface area contributed by atoms with Crippen molar-refractivity contribution in [1.82, 2.24) is 0 Å². The lowest BCUT2D eigenvalue weighted by Crippen LogP contribution is -2.22. The van der Waals surface area contributed by atoms with Crippen LogP contribution in [0.2, 0.25) is 0 Å². The molecule has 1 atom stereocenters. The number of aliphatic hydroxyl groups excluding tert-OH is 2. The first-order valence-electron chi connectivity index (χ1n) is 7.56. The Morgan fingerprint density at radius 1 is 1.08 bits per heavy atom. The smallest absolute Gasteiger partial charge is 0.333 e. The number of carbonyl (C=O) groups is 1. The van der Waals surface area contributed by atoms with Crippen molar-refractivity contribution in [2.75, 3.05) is 13.2 Å². The molecule has 2 N–H and O–H groups in total. The molecule has 2 rings (SSSR count). The lowest BCUT2D eigenvalue weighted by atomic mass is 10.1. The van der Waals surface area contributed by atoms with Gasteiger partial charge in [-0.2, -0.15) is 0 Å². The van der Waals surface area contributed by atoms with Crippen LogP contribution in [-0.2, 0) is 9.53 Å². The summed E-state index contributed by atoms with van der Waals surface area (Å²) >= 11 is 0. The van der Waals surface area contributed by atoms with Gasteiger partial charge in [0, 0.05) is 5.57 Å². The first-order valence-corrected chi connectivity index (χ1v) is 7.56. The molecule has 0 radical (unpaired) electrons. The molecule has 0 unspecified atom stereocenters. The van der Waals surface area contributed by atoms with E-state index in [1.807, 2.05) is 54.6 Å². The Morgan fingerprint density at radius 2 is 1.71 bits per heavy atom. The van der Waals surface area contributed by atoms with Crippen LogP contribution >= 0.6 is 0 Å². The van der Waals surface area contributed by atoms with Crippen molar-refractivity contribution in [3.05, 3.63) is 65.7 Å². The van der Waals surface area contributed by atoms with E-state index < -0.39 is 18.7 Å². The molecule has 0 aliphatic heterocycles. The molecule has 24 heavy (non-hydrogen) atoms. The molecule has 0 saturated heterocycles. The van der Waals surface area contributed by atoms with Crippen molar-refractivity contribution in [1.29, 1.82) is 0 Å². The van der Waals surface area contributed by atoms with Gasteiger partial charge in [-0.25, -0.2) is 4.79 Å². The summed E-state index contributed by atoms with van der Waals surface area (Å²) in [6.45, 7) is 0.950. The van der Waals surface area contributed by atoms with E-state index >= 15 is 0 Å². The van der Waals surface area contributed by atoms with Crippen molar-refractivity contribution in [2.45, 2.75) is 13.0 Å². The summed E-state index contributed by atoms with van der Waals surface area (Å²) < 4.78 is 10.6. The van der Waals surface area contributed by atoms with Crippen molar-refractivity contribution in [2.24, 2.45) is 0 Å². The zero-order chi connectivity index (χ0) is 17.4. The highest BCUT2D eigenvalue weighted by atomic mass is 16.5. The van der Waals surface area contributed by atoms with E-state index in [0.29, 0.717) is 11.3 Å². The van der Waals surface area contributed by atoms with Crippen LogP contribution in [0.4, 0.5) is 0 Å². The summed E-state index contributed by atoms with van der Waals surface area (Å²) in [5.74, 6) is 0.916. The topological polar surface area (TPSA) is 76.0 Å². The van der Waals surface area contributed by atoms with Crippen molar-refractivity contribution in [3.63, 3.8) is 0 Å². The Morgan fingerprint density at radius 3 is 2.33 bits per heavy atom. The Hall–Kier alpha value is -2.63. The number of para-hydroxylation sites is 1. The number of esters is 1. The molecule has 0 fully saturated rings. The molecular formula is C19H20O5. The molecule has 0 bridgehead atoms. The second-order valence-electron chi connectivity index (χ2n) is 5.25. The molecule has 0 aromatic heterocycles. The van der Waals surface area contributed by atoms with E-state index in [2.05, 4.69) is 0 Å². The normalized spacial score (nSPS) is 12.5. The van der Waals surface area contributed by atoms with Crippen LogP contribution in [0.3, 0.4) is 0 Å². The molecule has 0 amide bonds. The van der Waals surface area contributed by atoms with Crippen LogP contribution < -0.4 is 4.74 Å². The second kappa shape index (κ2) is 8.86. The number of ether oxygens (including phenoxy) is 2. The molecule has 0 aliphatic carbocycles. The third kappa shape index (κ3) is 5.53. The standard InChI is InChI=1S/C19H20O5/c1-14(19(22)23-13-16(21)12-20)11-15-7-9-18(10-8-15)24-17-5-3-2-4-6-17/h2-11,16,20-21H,12-13H2,1H3/b14-11+/t16-/m1/s1. The SMILES string of the molecule is C/C(=C\c1ccc(Oc2ccccc2)cc1)C(=O)OC[C@H](O)CO. The van der Waals surface area contributed by atoms with E-state index in [1.54, 1.807) is 13.0 Å². The van der Waals surface area contributed by atoms with E-state index in [-0.39, 0.29) is 6.61 Å². The summed E-state index contributed by atoms with van der Waals surface area (Å²) in [4.78, 5) is 11.8. The van der Waals surface area contributed by atoms with Crippen molar-refractivity contribution < 1.29 is 24.5 Å². The largest absolute Gasteiger partial charge is 0.459 e. The molecular weight excluding hydrogens is 308 g/mol. The van der Waals surface area contributed by atoms with E-state index in [9.17, 15) is 4.79 Å². The third-order valence-electron chi connectivity index (χ3n) is 3.18. The Kier molecular flexibility index (Phi) is 6.54. The van der Waals surface area contributed by atoms with E-state index in [0.717, 1.165) is 11.3 Å². The van der Waals surface area contributed by atoms with Crippen molar-refractivity contribution in [3.8, 4) is 11.5 Å². The number of hydrogen-bond acceptors (Lipinski definition) is 5. The molecule has 5 nitrogen and oxygen atoms in total. The number of hydrogen-bond donors (Lipinski definition) is 2. The minimum Gasteiger partial charge on any atom is -0.459 e. The maximum absolute atomic E-state index is 11.8. The maximum atomic E-state index is 11.8. The fraction of sp³-hybridized carbons (Fsp3) is 0.211. The molecule has 0 spiro atoms. The van der Waals surface area contributed by atoms with Gasteiger partial charge in [-0.1, -0.05) is 30.3 Å². The predicted octanol–water partition coefficient (Wildman–Crippen LogP) is 2.78. The van der Waals surface area contributed by atoms with E-state index in [4.69, 9.17) is 19.7 Å². The van der Waals surface area contributed by atoms with Gasteiger partial charge in [0.2, 0.25) is 0 Å². The molecule has 0 aliphatic rings. The average molecular weight is 328 g/mol. The van der Waals surface area contributed by atoms with Gasteiger partial charge in [0.1, 0.15) is 24.2 Å². The van der Waals surface area contributed by atoms with Crippen LogP contribution in [0.15, 0.2) is 60.2 Å². The Bertz CT molecular complexity index is 677. The molecule has 126 valence electrons. The summed E-state index contributed by atoms with van der Waals surface area (Å²) in [5, 5.41) is 17.9. The molecule has 5 heteroatoms. The van der Waals surface area contributed by atoms with Crippen LogP contribution in [0.1, 0.15) is 12.5 Å². The van der Waals surface area contributed by atoms with Crippen LogP contribution in [-0.4, -0.2) is 35.5 Å². The van der Waals surface area contributed by atoms with Crippen LogP contribution in [0.5, 0.6) is 11.5 Å². The second-order valence-corrected chi connectivity index (χ2v) is 5.25. The minimum absolute atomic E-state index is 0.232. The number of aliphatic hydroxyl groups is 2. The highest BCUT2D eigenvalue weighted by Crippen LogP contribution is 2.21. The van der Waals surface area contributed by atoms with Crippen molar-refractivity contribution >= 4 is 12.0 Å². The summed E-state index contributed by atoms with van der Waals surface area (Å²) in [5.41, 5.74) is 1.23. The zero-order valence-electron chi connectivity index (χ0n) is 13.4. The number of carbonyl (C=O) groups excluding carboxylic acids is 1. The summed E-state index contributed by atoms with van der Waals surface area (Å²) in [6.07, 6.45) is 0.621. The Labute approximate surface area is 140 Å². The zero-order valence-corrected chi connectivity index (χ0v) is 13.4. The first-order chi connectivity index (χ1) is 11.6. The van der Waals surface area contributed by atoms with Gasteiger partial charge in [-0.15, -0.1) is 0 Å². The lowest BCUT2D eigenvalue weighted by Gasteiger charge is -2.09. The van der Waals surface area contributed by atoms with Gasteiger partial charge in [0.15, 0.2) is 0 Å². The fourth-order valence-corrected chi connectivity index (χ4v) is 1.90. The van der Waals surface area contributed by atoms with Gasteiger partial charge in [-0.3, -0.25) is 0 Å². The number of benzene rings is 2. The summed E-state index contributed by atoms with van der Waals surface area (Å²) in [6, 6.07) is 16.7. The monoisotopic (exact) mass is 328 g/mol. The van der Waals surface area contributed by atoms with Crippen LogP contribution in [0, 0.1) is 0 Å². The third-order valence-corrected chi connectivity index (χ3v) is 3.18. The average Bonchev–Trinajstić information content (AvgIpc) is 2.61. The molecule has 0 heterocycles. The Balaban J connectivity index is 1.95. The number of rotatable bonds is 7. The fourth-order valence-electron chi connectivity index (χ4n) is 1.90. The summed E-state index contributed by atoms with van der Waals surface area (Å²) in [7, 11) is 0. The van der Waals surface area contributed by atoms with E-state index in [1.165, 1.54) is 0 Å².